The summed E-state index contributed by atoms with van der Waals surface area (Å²) in [5, 5.41) is 0. The Hall–Kier alpha value is 0.240. The third-order valence-electron chi connectivity index (χ3n) is 0.836. The van der Waals surface area contributed by atoms with E-state index in [2.05, 4.69) is 22.4 Å². The molecule has 0 radical (unpaired) electrons. The SMILES string of the molecule is C=C1OC(P)(I)OC1=C. The molecule has 0 aromatic rings. The van der Waals surface area contributed by atoms with E-state index in [9.17, 15) is 0 Å². The standard InChI is InChI=1S/C5H6IO2P/c1-3-4(2)8-5(6,9)7-3/h1-2,9H2. The van der Waals surface area contributed by atoms with Gasteiger partial charge in [0.1, 0.15) is 0 Å². The van der Waals surface area contributed by atoms with Gasteiger partial charge in [-0.2, -0.15) is 0 Å². The predicted octanol–water partition coefficient (Wildman–Crippen LogP) is 1.98. The van der Waals surface area contributed by atoms with Crippen molar-refractivity contribution in [2.45, 2.75) is 3.53 Å². The molecule has 1 aliphatic heterocycles. The Morgan fingerprint density at radius 1 is 1.33 bits per heavy atom. The van der Waals surface area contributed by atoms with E-state index in [0.717, 1.165) is 0 Å². The number of alkyl halides is 1. The molecule has 0 aliphatic carbocycles. The van der Waals surface area contributed by atoms with Gasteiger partial charge in [0.25, 0.3) is 0 Å². The molecule has 0 saturated carbocycles. The van der Waals surface area contributed by atoms with Gasteiger partial charge >= 0.3 is 3.53 Å². The molecule has 0 N–H and O–H groups in total. The molecule has 1 saturated heterocycles. The van der Waals surface area contributed by atoms with Gasteiger partial charge in [-0.25, -0.2) is 0 Å². The minimum absolute atomic E-state index is 0.499. The van der Waals surface area contributed by atoms with E-state index < -0.39 is 3.53 Å². The summed E-state index contributed by atoms with van der Waals surface area (Å²) in [6, 6.07) is 0. The van der Waals surface area contributed by atoms with Gasteiger partial charge in [0.2, 0.25) is 0 Å². The monoisotopic (exact) mass is 256 g/mol. The van der Waals surface area contributed by atoms with Gasteiger partial charge in [0.15, 0.2) is 11.5 Å². The van der Waals surface area contributed by atoms with Crippen molar-refractivity contribution in [3.8, 4) is 0 Å². The highest BCUT2D eigenvalue weighted by Crippen LogP contribution is 2.42. The first kappa shape index (κ1) is 7.35. The fourth-order valence-corrected chi connectivity index (χ4v) is 1.29. The van der Waals surface area contributed by atoms with Crippen molar-refractivity contribution in [2.75, 3.05) is 0 Å². The molecule has 0 aromatic carbocycles. The molecule has 1 unspecified atom stereocenters. The molecule has 0 aromatic heterocycles. The largest absolute Gasteiger partial charge is 0.438 e. The van der Waals surface area contributed by atoms with Crippen LogP contribution in [0.5, 0.6) is 0 Å². The fourth-order valence-electron chi connectivity index (χ4n) is 0.471. The van der Waals surface area contributed by atoms with E-state index in [0.29, 0.717) is 11.5 Å². The van der Waals surface area contributed by atoms with Crippen LogP contribution in [-0.2, 0) is 9.47 Å². The molecule has 1 atom stereocenters. The molecule has 1 fully saturated rings. The summed E-state index contributed by atoms with van der Waals surface area (Å²) in [6.07, 6.45) is 0. The highest BCUT2D eigenvalue weighted by molar-refractivity contribution is 14.1. The second-order valence-electron chi connectivity index (χ2n) is 1.63. The van der Waals surface area contributed by atoms with Gasteiger partial charge in [0, 0.05) is 22.6 Å². The van der Waals surface area contributed by atoms with E-state index in [1.807, 2.05) is 22.6 Å². The normalized spacial score (nSPS) is 23.3. The van der Waals surface area contributed by atoms with Crippen LogP contribution in [-0.4, -0.2) is 3.53 Å². The summed E-state index contributed by atoms with van der Waals surface area (Å²) in [5.74, 6) is 0.999. The number of ether oxygens (including phenoxy) is 2. The van der Waals surface area contributed by atoms with Crippen LogP contribution < -0.4 is 0 Å². The molecule has 0 amide bonds. The molecule has 1 rings (SSSR count). The lowest BCUT2D eigenvalue weighted by atomic mass is 10.5. The molecule has 9 heavy (non-hydrogen) atoms. The Kier molecular flexibility index (Phi) is 1.74. The van der Waals surface area contributed by atoms with Gasteiger partial charge in [-0.05, 0) is 9.24 Å². The summed E-state index contributed by atoms with van der Waals surface area (Å²) >= 11 is 1.99. The van der Waals surface area contributed by atoms with Gasteiger partial charge in [0.05, 0.1) is 0 Å². The fraction of sp³-hybridized carbons (Fsp3) is 0.200. The predicted molar refractivity (Wildman–Crippen MR) is 46.9 cm³/mol. The molecular formula is C5H6IO2P. The minimum Gasteiger partial charge on any atom is -0.438 e. The van der Waals surface area contributed by atoms with Crippen LogP contribution >= 0.6 is 31.8 Å². The summed E-state index contributed by atoms with van der Waals surface area (Å²) < 4.78 is 9.51. The first-order valence-corrected chi connectivity index (χ1v) is 3.91. The first-order valence-electron chi connectivity index (χ1n) is 2.25. The van der Waals surface area contributed by atoms with Crippen molar-refractivity contribution in [1.29, 1.82) is 0 Å². The zero-order chi connectivity index (χ0) is 7.07. The maximum atomic E-state index is 5.09. The van der Waals surface area contributed by atoms with Gasteiger partial charge in [-0.1, -0.05) is 13.2 Å². The molecule has 1 heterocycles. The maximum absolute atomic E-state index is 5.09. The van der Waals surface area contributed by atoms with Crippen molar-refractivity contribution >= 4 is 31.8 Å². The summed E-state index contributed by atoms with van der Waals surface area (Å²) in [6.45, 7) is 7.13. The van der Waals surface area contributed by atoms with Crippen LogP contribution in [0.2, 0.25) is 0 Å². The smallest absolute Gasteiger partial charge is 0.313 e. The van der Waals surface area contributed by atoms with Crippen molar-refractivity contribution in [2.24, 2.45) is 0 Å². The second kappa shape index (κ2) is 2.13. The lowest BCUT2D eigenvalue weighted by Crippen LogP contribution is -2.08. The van der Waals surface area contributed by atoms with Crippen LogP contribution in [0.15, 0.2) is 24.7 Å². The number of halogens is 1. The van der Waals surface area contributed by atoms with E-state index in [1.165, 1.54) is 0 Å². The minimum atomic E-state index is -0.675. The van der Waals surface area contributed by atoms with Crippen molar-refractivity contribution in [3.63, 3.8) is 0 Å². The Labute approximate surface area is 69.6 Å². The van der Waals surface area contributed by atoms with E-state index >= 15 is 0 Å². The Balaban J connectivity index is 2.76. The summed E-state index contributed by atoms with van der Waals surface area (Å²) in [7, 11) is 2.40. The highest BCUT2D eigenvalue weighted by Gasteiger charge is 2.33. The second-order valence-corrected chi connectivity index (χ2v) is 5.07. The van der Waals surface area contributed by atoms with Crippen molar-refractivity contribution in [1.82, 2.24) is 0 Å². The quantitative estimate of drug-likeness (QED) is 0.375. The summed E-state index contributed by atoms with van der Waals surface area (Å²) in [4.78, 5) is 0. The number of rotatable bonds is 0. The topological polar surface area (TPSA) is 18.5 Å². The average molecular weight is 256 g/mol. The zero-order valence-electron chi connectivity index (χ0n) is 4.69. The van der Waals surface area contributed by atoms with Crippen LogP contribution in [0.1, 0.15) is 0 Å². The number of hydrogen-bond acceptors (Lipinski definition) is 2. The molecule has 2 nitrogen and oxygen atoms in total. The molecule has 0 bridgehead atoms. The van der Waals surface area contributed by atoms with Crippen LogP contribution in [0, 0.1) is 0 Å². The first-order chi connectivity index (χ1) is 4.01. The Bertz CT molecular complexity index is 158. The van der Waals surface area contributed by atoms with E-state index in [-0.39, 0.29) is 0 Å². The maximum Gasteiger partial charge on any atom is 0.313 e. The lowest BCUT2D eigenvalue weighted by molar-refractivity contribution is 0.0450. The Morgan fingerprint density at radius 3 is 1.78 bits per heavy atom. The lowest BCUT2D eigenvalue weighted by Gasteiger charge is -2.11. The van der Waals surface area contributed by atoms with Crippen LogP contribution in [0.4, 0.5) is 0 Å². The highest BCUT2D eigenvalue weighted by atomic mass is 127. The molecule has 0 spiro atoms. The molecular weight excluding hydrogens is 250 g/mol. The van der Waals surface area contributed by atoms with E-state index in [4.69, 9.17) is 9.47 Å². The third-order valence-corrected chi connectivity index (χ3v) is 1.51. The van der Waals surface area contributed by atoms with E-state index in [1.54, 1.807) is 0 Å². The number of hydrogen-bond donors (Lipinski definition) is 0. The van der Waals surface area contributed by atoms with Crippen molar-refractivity contribution < 1.29 is 9.47 Å². The summed E-state index contributed by atoms with van der Waals surface area (Å²) in [5.41, 5.74) is 0. The van der Waals surface area contributed by atoms with Crippen molar-refractivity contribution in [3.05, 3.63) is 24.7 Å². The zero-order valence-corrected chi connectivity index (χ0v) is 8.00. The van der Waals surface area contributed by atoms with Crippen LogP contribution in [0.25, 0.3) is 0 Å². The molecule has 1 aliphatic rings. The molecule has 4 heteroatoms. The third kappa shape index (κ3) is 1.58. The van der Waals surface area contributed by atoms with Crippen LogP contribution in [0.3, 0.4) is 0 Å². The van der Waals surface area contributed by atoms with Gasteiger partial charge in [-0.3, -0.25) is 0 Å². The average Bonchev–Trinajstić information content (AvgIpc) is 1.79. The molecule has 50 valence electrons. The van der Waals surface area contributed by atoms with Gasteiger partial charge in [-0.15, -0.1) is 0 Å². The van der Waals surface area contributed by atoms with Gasteiger partial charge < -0.3 is 9.47 Å². The Morgan fingerprint density at radius 2 is 1.67 bits per heavy atom.